The van der Waals surface area contributed by atoms with Crippen LogP contribution in [0.15, 0.2) is 36.7 Å². The van der Waals surface area contributed by atoms with Gasteiger partial charge in [-0.25, -0.2) is 0 Å². The maximum absolute atomic E-state index is 12.8. The van der Waals surface area contributed by atoms with Gasteiger partial charge in [0, 0.05) is 31.9 Å². The molecule has 0 bridgehead atoms. The summed E-state index contributed by atoms with van der Waals surface area (Å²) in [5, 5.41) is 0.413. The largest absolute Gasteiger partial charge is 0.742 e. The average Bonchev–Trinajstić information content (AvgIpc) is 2.37. The van der Waals surface area contributed by atoms with Gasteiger partial charge in [0.25, 0.3) is 7.52 Å². The van der Waals surface area contributed by atoms with Crippen LogP contribution in [0.5, 0.6) is 0 Å². The highest BCUT2D eigenvalue weighted by Crippen LogP contribution is 2.32. The monoisotopic (exact) mass is 304 g/mol. The Morgan fingerprint density at radius 2 is 1.52 bits per heavy atom. The third-order valence-electron chi connectivity index (χ3n) is 3.53. The molecule has 0 amide bonds. The maximum Gasteiger partial charge on any atom is 0.296 e. The highest BCUT2D eigenvalue weighted by molar-refractivity contribution is 7.58. The van der Waals surface area contributed by atoms with E-state index in [-0.39, 0.29) is 0 Å². The minimum absolute atomic E-state index is 0.413. The zero-order valence-corrected chi connectivity index (χ0v) is 14.0. The van der Waals surface area contributed by atoms with Crippen molar-refractivity contribution in [3.8, 4) is 0 Å². The molecule has 2 aromatic rings. The Hall–Kier alpha value is -1.64. The Balaban J connectivity index is 2.54. The van der Waals surface area contributed by atoms with Crippen LogP contribution in [0.2, 0.25) is 0 Å². The van der Waals surface area contributed by atoms with Crippen LogP contribution in [0.1, 0.15) is 16.7 Å². The topological polar surface area (TPSA) is 47.2 Å². The minimum Gasteiger partial charge on any atom is -0.742 e. The van der Waals surface area contributed by atoms with Crippen LogP contribution in [0, 0.1) is 20.8 Å². The third-order valence-corrected chi connectivity index (χ3v) is 5.68. The molecule has 0 aliphatic carbocycles. The Bertz CT molecular complexity index is 686. The molecule has 1 unspecified atom stereocenters. The predicted octanol–water partition coefficient (Wildman–Crippen LogP) is 1.69. The molecule has 1 heterocycles. The summed E-state index contributed by atoms with van der Waals surface area (Å²) < 4.78 is 14.1. The van der Waals surface area contributed by atoms with Gasteiger partial charge in [-0.15, -0.1) is 0 Å². The van der Waals surface area contributed by atoms with Crippen LogP contribution < -0.4 is 19.4 Å². The van der Waals surface area contributed by atoms with Gasteiger partial charge in [0.1, 0.15) is 0 Å². The van der Waals surface area contributed by atoms with Crippen molar-refractivity contribution in [2.75, 3.05) is 19.0 Å². The van der Waals surface area contributed by atoms with Crippen molar-refractivity contribution in [1.82, 2.24) is 0 Å². The first-order valence-corrected chi connectivity index (χ1v) is 8.40. The normalized spacial score (nSPS) is 13.8. The predicted molar refractivity (Wildman–Crippen MR) is 84.3 cm³/mol. The van der Waals surface area contributed by atoms with E-state index in [2.05, 4.69) is 0 Å². The van der Waals surface area contributed by atoms with Gasteiger partial charge in [-0.05, 0) is 31.9 Å². The van der Waals surface area contributed by atoms with Crippen LogP contribution in [0.3, 0.4) is 0 Å². The molecular weight excluding hydrogens is 283 g/mol. The first-order valence-electron chi connectivity index (χ1n) is 6.82. The molecule has 112 valence electrons. The molecule has 0 saturated heterocycles. The SMILES string of the molecule is Cc1cc(C)c(P(=O)([O-])[n+]2ccc(N(C)C)cc2)c(C)c1. The van der Waals surface area contributed by atoms with Crippen molar-refractivity contribution in [1.29, 1.82) is 0 Å². The van der Waals surface area contributed by atoms with E-state index in [1.54, 1.807) is 24.5 Å². The number of benzene rings is 1. The number of nitrogens with zero attached hydrogens (tertiary/aromatic N) is 2. The molecule has 2 rings (SSSR count). The molecule has 1 aromatic heterocycles. The zero-order valence-electron chi connectivity index (χ0n) is 13.1. The van der Waals surface area contributed by atoms with E-state index < -0.39 is 7.52 Å². The number of hydrogen-bond donors (Lipinski definition) is 0. The molecule has 1 atom stereocenters. The van der Waals surface area contributed by atoms with Crippen LogP contribution in [0.25, 0.3) is 0 Å². The van der Waals surface area contributed by atoms with Gasteiger partial charge >= 0.3 is 0 Å². The summed E-state index contributed by atoms with van der Waals surface area (Å²) in [5.41, 5.74) is 3.61. The van der Waals surface area contributed by atoms with Crippen molar-refractivity contribution < 1.29 is 13.8 Å². The average molecular weight is 304 g/mol. The van der Waals surface area contributed by atoms with Crippen LogP contribution in [0.4, 0.5) is 5.69 Å². The summed E-state index contributed by atoms with van der Waals surface area (Å²) in [7, 11) is -0.0515. The van der Waals surface area contributed by atoms with E-state index >= 15 is 0 Å². The summed E-state index contributed by atoms with van der Waals surface area (Å²) in [6, 6.07) is 7.40. The highest BCUT2D eigenvalue weighted by Gasteiger charge is 2.26. The Labute approximate surface area is 126 Å². The summed E-state index contributed by atoms with van der Waals surface area (Å²) in [6.07, 6.45) is 3.20. The lowest BCUT2D eigenvalue weighted by atomic mass is 10.1. The summed E-state index contributed by atoms with van der Waals surface area (Å²) in [6.45, 7) is 5.65. The highest BCUT2D eigenvalue weighted by atomic mass is 31.2. The molecule has 0 fully saturated rings. The lowest BCUT2D eigenvalue weighted by molar-refractivity contribution is -0.556. The second-order valence-electron chi connectivity index (χ2n) is 5.60. The molecule has 0 spiro atoms. The molecule has 0 N–H and O–H groups in total. The fraction of sp³-hybridized carbons (Fsp3) is 0.312. The molecule has 4 nitrogen and oxygen atoms in total. The zero-order chi connectivity index (χ0) is 15.8. The summed E-state index contributed by atoms with van der Waals surface area (Å²) in [5.74, 6) is 0. The van der Waals surface area contributed by atoms with E-state index in [0.717, 1.165) is 22.4 Å². The molecule has 0 radical (unpaired) electrons. The van der Waals surface area contributed by atoms with Gasteiger partial charge < -0.3 is 9.79 Å². The lowest BCUT2D eigenvalue weighted by Gasteiger charge is -2.22. The molecule has 0 aliphatic heterocycles. The number of anilines is 1. The first kappa shape index (κ1) is 15.7. The van der Waals surface area contributed by atoms with Crippen molar-refractivity contribution in [3.63, 3.8) is 0 Å². The molecule has 0 saturated carbocycles. The minimum atomic E-state index is -3.89. The Morgan fingerprint density at radius 1 is 1.05 bits per heavy atom. The second-order valence-corrected chi connectivity index (χ2v) is 7.55. The molecular formula is C16H21N2O2P. The number of hydrogen-bond acceptors (Lipinski definition) is 3. The lowest BCUT2D eigenvalue weighted by Crippen LogP contribution is -2.43. The van der Waals surface area contributed by atoms with Crippen molar-refractivity contribution in [2.24, 2.45) is 0 Å². The fourth-order valence-electron chi connectivity index (χ4n) is 2.62. The fourth-order valence-corrected chi connectivity index (χ4v) is 4.35. The van der Waals surface area contributed by atoms with Crippen molar-refractivity contribution >= 4 is 18.5 Å². The Kier molecular flexibility index (Phi) is 4.22. The summed E-state index contributed by atoms with van der Waals surface area (Å²) in [4.78, 5) is 14.8. The van der Waals surface area contributed by atoms with E-state index in [0.29, 0.717) is 5.30 Å². The quantitative estimate of drug-likeness (QED) is 0.811. The first-order chi connectivity index (χ1) is 9.73. The van der Waals surface area contributed by atoms with Gasteiger partial charge in [0.05, 0.1) is 5.30 Å². The number of aryl methyl sites for hydroxylation is 3. The van der Waals surface area contributed by atoms with E-state index in [9.17, 15) is 9.46 Å². The van der Waals surface area contributed by atoms with E-state index in [1.807, 2.05) is 51.9 Å². The number of pyridine rings is 1. The number of aromatic nitrogens is 1. The maximum atomic E-state index is 12.8. The molecule has 1 aromatic carbocycles. The van der Waals surface area contributed by atoms with Gasteiger partial charge in [-0.3, -0.25) is 4.57 Å². The number of rotatable bonds is 3. The Morgan fingerprint density at radius 3 is 1.95 bits per heavy atom. The van der Waals surface area contributed by atoms with E-state index in [4.69, 9.17) is 0 Å². The van der Waals surface area contributed by atoms with Gasteiger partial charge in [-0.2, -0.15) is 4.34 Å². The van der Waals surface area contributed by atoms with Crippen LogP contribution in [-0.4, -0.2) is 14.1 Å². The molecule has 5 heteroatoms. The van der Waals surface area contributed by atoms with E-state index in [1.165, 1.54) is 4.34 Å². The smallest absolute Gasteiger partial charge is 0.296 e. The molecule has 21 heavy (non-hydrogen) atoms. The van der Waals surface area contributed by atoms with Gasteiger partial charge in [-0.1, -0.05) is 17.7 Å². The van der Waals surface area contributed by atoms with Crippen LogP contribution in [-0.2, 0) is 4.57 Å². The van der Waals surface area contributed by atoms with Crippen molar-refractivity contribution in [2.45, 2.75) is 20.8 Å². The molecule has 0 aliphatic rings. The van der Waals surface area contributed by atoms with Crippen molar-refractivity contribution in [3.05, 3.63) is 53.3 Å². The third kappa shape index (κ3) is 3.02. The van der Waals surface area contributed by atoms with Gasteiger partial charge in [0.2, 0.25) is 0 Å². The van der Waals surface area contributed by atoms with Crippen LogP contribution >= 0.6 is 7.52 Å². The standard InChI is InChI=1S/C16H21N2O2P/c1-12-10-13(2)16(14(3)11-12)21(19,20)18-8-6-15(7-9-18)17(4)5/h6-11H,1-5H3. The second kappa shape index (κ2) is 5.63. The summed E-state index contributed by atoms with van der Waals surface area (Å²) >= 11 is 0. The van der Waals surface area contributed by atoms with Gasteiger partial charge in [0.15, 0.2) is 12.4 Å².